The molecule has 0 unspecified atom stereocenters. The molecule has 1 rings (SSSR count). The van der Waals surface area contributed by atoms with Crippen molar-refractivity contribution in [3.05, 3.63) is 30.1 Å². The van der Waals surface area contributed by atoms with E-state index in [4.69, 9.17) is 6.42 Å². The quantitative estimate of drug-likeness (QED) is 0.473. The third-order valence-electron chi connectivity index (χ3n) is 2.55. The van der Waals surface area contributed by atoms with Crippen LogP contribution in [0.15, 0.2) is 24.5 Å². The van der Waals surface area contributed by atoms with Crippen LogP contribution in [-0.2, 0) is 9.53 Å². The number of methoxy groups -OCH3 is 1. The molecule has 0 spiro atoms. The second-order valence-corrected chi connectivity index (χ2v) is 3.88. The number of pyridine rings is 1. The number of nitrogens with zero attached hydrogens (tertiary/aromatic N) is 1. The number of ether oxygens (including phenoxy) is 1. The van der Waals surface area contributed by atoms with Gasteiger partial charge < -0.3 is 10.1 Å². The number of hydrogen-bond donors (Lipinski definition) is 1. The summed E-state index contributed by atoms with van der Waals surface area (Å²) in [6, 6.07) is 2.47. The second-order valence-electron chi connectivity index (χ2n) is 3.88. The summed E-state index contributed by atoms with van der Waals surface area (Å²) in [5.41, 5.74) is 0.445. The van der Waals surface area contributed by atoms with Gasteiger partial charge in [0.05, 0.1) is 7.11 Å². The van der Waals surface area contributed by atoms with E-state index in [9.17, 15) is 9.59 Å². The Kier molecular flexibility index (Phi) is 6.10. The van der Waals surface area contributed by atoms with Crippen LogP contribution in [0.2, 0.25) is 0 Å². The predicted molar refractivity (Wildman–Crippen MR) is 70.2 cm³/mol. The van der Waals surface area contributed by atoms with E-state index < -0.39 is 12.0 Å². The fraction of sp³-hybridized carbons (Fsp3) is 0.357. The molecule has 0 fully saturated rings. The topological polar surface area (TPSA) is 68.3 Å². The molecule has 100 valence electrons. The SMILES string of the molecule is C#CCCC[C@@H](NC(=O)c1ccncc1)C(=O)OC. The second kappa shape index (κ2) is 7.88. The summed E-state index contributed by atoms with van der Waals surface area (Å²) in [7, 11) is 1.29. The lowest BCUT2D eigenvalue weighted by Crippen LogP contribution is -2.41. The molecule has 19 heavy (non-hydrogen) atoms. The maximum Gasteiger partial charge on any atom is 0.328 e. The van der Waals surface area contributed by atoms with Gasteiger partial charge in [-0.05, 0) is 25.0 Å². The van der Waals surface area contributed by atoms with Gasteiger partial charge in [0.25, 0.3) is 5.91 Å². The first-order chi connectivity index (χ1) is 9.19. The van der Waals surface area contributed by atoms with Crippen molar-refractivity contribution >= 4 is 11.9 Å². The minimum absolute atomic E-state index is 0.335. The molecule has 1 aromatic rings. The van der Waals surface area contributed by atoms with E-state index in [-0.39, 0.29) is 5.91 Å². The monoisotopic (exact) mass is 260 g/mol. The average molecular weight is 260 g/mol. The molecule has 0 bridgehead atoms. The number of carbonyl (C=O) groups is 2. The number of terminal acetylenes is 1. The summed E-state index contributed by atoms with van der Waals surface area (Å²) in [6.45, 7) is 0. The molecule has 1 aromatic heterocycles. The summed E-state index contributed by atoms with van der Waals surface area (Å²) in [6.07, 6.45) is 9.84. The lowest BCUT2D eigenvalue weighted by atomic mass is 10.1. The number of carbonyl (C=O) groups excluding carboxylic acids is 2. The molecule has 5 nitrogen and oxygen atoms in total. The molecule has 0 aliphatic rings. The van der Waals surface area contributed by atoms with Crippen molar-refractivity contribution in [3.63, 3.8) is 0 Å². The first-order valence-electron chi connectivity index (χ1n) is 5.91. The van der Waals surface area contributed by atoms with Crippen molar-refractivity contribution in [2.45, 2.75) is 25.3 Å². The number of nitrogens with one attached hydrogen (secondary N) is 1. The Morgan fingerprint density at radius 3 is 2.74 bits per heavy atom. The molecule has 0 aromatic carbocycles. The van der Waals surface area contributed by atoms with E-state index >= 15 is 0 Å². The molecule has 1 N–H and O–H groups in total. The van der Waals surface area contributed by atoms with E-state index in [1.54, 1.807) is 12.1 Å². The van der Waals surface area contributed by atoms with Crippen LogP contribution in [0, 0.1) is 12.3 Å². The van der Waals surface area contributed by atoms with Crippen LogP contribution in [0.25, 0.3) is 0 Å². The average Bonchev–Trinajstić information content (AvgIpc) is 2.46. The molecular weight excluding hydrogens is 244 g/mol. The van der Waals surface area contributed by atoms with E-state index in [1.807, 2.05) is 0 Å². The lowest BCUT2D eigenvalue weighted by Gasteiger charge is -2.15. The Balaban J connectivity index is 2.64. The Bertz CT molecular complexity index is 465. The van der Waals surface area contributed by atoms with Gasteiger partial charge in [-0.1, -0.05) is 0 Å². The highest BCUT2D eigenvalue weighted by Gasteiger charge is 2.21. The summed E-state index contributed by atoms with van der Waals surface area (Å²) >= 11 is 0. The molecule has 1 amide bonds. The highest BCUT2D eigenvalue weighted by Crippen LogP contribution is 2.05. The van der Waals surface area contributed by atoms with E-state index in [1.165, 1.54) is 19.5 Å². The molecule has 5 heteroatoms. The Morgan fingerprint density at radius 1 is 1.47 bits per heavy atom. The smallest absolute Gasteiger partial charge is 0.328 e. The van der Waals surface area contributed by atoms with Crippen molar-refractivity contribution in [2.75, 3.05) is 7.11 Å². The molecule has 0 aliphatic carbocycles. The van der Waals surface area contributed by atoms with Crippen LogP contribution < -0.4 is 5.32 Å². The normalized spacial score (nSPS) is 11.2. The standard InChI is InChI=1S/C14H16N2O3/c1-3-4-5-6-12(14(18)19-2)16-13(17)11-7-9-15-10-8-11/h1,7-10,12H,4-6H2,2H3,(H,16,17)/t12-/m1/s1. The van der Waals surface area contributed by atoms with E-state index in [0.717, 1.165) is 0 Å². The minimum atomic E-state index is -0.681. The number of aromatic nitrogens is 1. The van der Waals surface area contributed by atoms with Crippen LogP contribution in [-0.4, -0.2) is 30.0 Å². The maximum absolute atomic E-state index is 11.9. The van der Waals surface area contributed by atoms with Gasteiger partial charge >= 0.3 is 5.97 Å². The maximum atomic E-state index is 11.9. The molecule has 0 radical (unpaired) electrons. The van der Waals surface area contributed by atoms with Gasteiger partial charge in [0.15, 0.2) is 0 Å². The highest BCUT2D eigenvalue weighted by atomic mass is 16.5. The molecule has 1 heterocycles. The van der Waals surface area contributed by atoms with Crippen LogP contribution in [0.1, 0.15) is 29.6 Å². The fourth-order valence-electron chi connectivity index (χ4n) is 1.54. The van der Waals surface area contributed by atoms with Crippen LogP contribution in [0.5, 0.6) is 0 Å². The summed E-state index contributed by atoms with van der Waals surface area (Å²) in [5.74, 6) is 1.68. The molecule has 0 aliphatic heterocycles. The zero-order chi connectivity index (χ0) is 14.1. The number of rotatable bonds is 6. The minimum Gasteiger partial charge on any atom is -0.467 e. The van der Waals surface area contributed by atoms with Crippen LogP contribution in [0.4, 0.5) is 0 Å². The van der Waals surface area contributed by atoms with Crippen molar-refractivity contribution in [3.8, 4) is 12.3 Å². The van der Waals surface area contributed by atoms with Gasteiger partial charge in [-0.2, -0.15) is 0 Å². The van der Waals surface area contributed by atoms with E-state index in [2.05, 4.69) is 21.0 Å². The van der Waals surface area contributed by atoms with Crippen molar-refractivity contribution in [1.82, 2.24) is 10.3 Å². The van der Waals surface area contributed by atoms with Crippen molar-refractivity contribution in [2.24, 2.45) is 0 Å². The zero-order valence-electron chi connectivity index (χ0n) is 10.8. The van der Waals surface area contributed by atoms with Gasteiger partial charge in [0.2, 0.25) is 0 Å². The van der Waals surface area contributed by atoms with Gasteiger partial charge in [0, 0.05) is 24.4 Å². The Morgan fingerprint density at radius 2 is 2.16 bits per heavy atom. The fourth-order valence-corrected chi connectivity index (χ4v) is 1.54. The van der Waals surface area contributed by atoms with Gasteiger partial charge in [-0.25, -0.2) is 4.79 Å². The van der Waals surface area contributed by atoms with Crippen molar-refractivity contribution in [1.29, 1.82) is 0 Å². The molecule has 1 atom stereocenters. The predicted octanol–water partition coefficient (Wildman–Crippen LogP) is 1.16. The molecule has 0 saturated heterocycles. The van der Waals surface area contributed by atoms with Crippen molar-refractivity contribution < 1.29 is 14.3 Å². The first kappa shape index (κ1) is 14.7. The molecule has 0 saturated carbocycles. The lowest BCUT2D eigenvalue weighted by molar-refractivity contribution is -0.143. The Hall–Kier alpha value is -2.35. The largest absolute Gasteiger partial charge is 0.467 e. The number of esters is 1. The number of unbranched alkanes of at least 4 members (excludes halogenated alkanes) is 1. The highest BCUT2D eigenvalue weighted by molar-refractivity contribution is 5.96. The van der Waals surface area contributed by atoms with Crippen LogP contribution in [0.3, 0.4) is 0 Å². The van der Waals surface area contributed by atoms with Gasteiger partial charge in [0.1, 0.15) is 6.04 Å². The van der Waals surface area contributed by atoms with Crippen LogP contribution >= 0.6 is 0 Å². The summed E-state index contributed by atoms with van der Waals surface area (Å²) < 4.78 is 4.66. The first-order valence-corrected chi connectivity index (χ1v) is 5.91. The third-order valence-corrected chi connectivity index (χ3v) is 2.55. The molecular formula is C14H16N2O3. The summed E-state index contributed by atoms with van der Waals surface area (Å²) in [4.78, 5) is 27.3. The Labute approximate surface area is 112 Å². The number of amides is 1. The zero-order valence-corrected chi connectivity index (χ0v) is 10.8. The van der Waals surface area contributed by atoms with Gasteiger partial charge in [-0.15, -0.1) is 12.3 Å². The van der Waals surface area contributed by atoms with E-state index in [0.29, 0.717) is 24.8 Å². The third kappa shape index (κ3) is 4.80. The number of hydrogen-bond acceptors (Lipinski definition) is 4. The summed E-state index contributed by atoms with van der Waals surface area (Å²) in [5, 5.41) is 2.63. The van der Waals surface area contributed by atoms with Gasteiger partial charge in [-0.3, -0.25) is 9.78 Å².